The Morgan fingerprint density at radius 2 is 1.58 bits per heavy atom. The molecule has 1 aromatic rings. The van der Waals surface area contributed by atoms with E-state index in [-0.39, 0.29) is 4.71 Å². The summed E-state index contributed by atoms with van der Waals surface area (Å²) in [6.07, 6.45) is 0. The Morgan fingerprint density at radius 1 is 1.00 bits per heavy atom. The van der Waals surface area contributed by atoms with Crippen LogP contribution in [0.15, 0.2) is 35.2 Å². The van der Waals surface area contributed by atoms with Crippen molar-refractivity contribution in [1.29, 1.82) is 0 Å². The molecule has 0 aromatic heterocycles. The predicted octanol–water partition coefficient (Wildman–Crippen LogP) is 4.15. The highest BCUT2D eigenvalue weighted by atomic mass is 35.5. The van der Waals surface area contributed by atoms with Crippen molar-refractivity contribution in [3.63, 3.8) is 0 Å². The fourth-order valence-electron chi connectivity index (χ4n) is 0.680. The van der Waals surface area contributed by atoms with Crippen LogP contribution in [0, 0.1) is 0 Å². The summed E-state index contributed by atoms with van der Waals surface area (Å²) in [6, 6.07) is 9.78. The van der Waals surface area contributed by atoms with Crippen LogP contribution in [0.25, 0.3) is 0 Å². The van der Waals surface area contributed by atoms with Crippen molar-refractivity contribution in [2.24, 2.45) is 0 Å². The monoisotopic (exact) mass is 240 g/mol. The molecule has 1 aromatic carbocycles. The number of hydrogen-bond donors (Lipinski definition) is 0. The number of benzene rings is 1. The molecule has 0 nitrogen and oxygen atoms in total. The first kappa shape index (κ1) is 10.5. The molecule has 1 rings (SSSR count). The Balaban J connectivity index is 2.53. The van der Waals surface area contributed by atoms with E-state index in [9.17, 15) is 0 Å². The molecule has 0 radical (unpaired) electrons. The summed E-state index contributed by atoms with van der Waals surface area (Å²) in [5.41, 5.74) is 0. The molecule has 0 saturated carbocycles. The molecule has 12 heavy (non-hydrogen) atoms. The van der Waals surface area contributed by atoms with Crippen LogP contribution in [0.1, 0.15) is 0 Å². The lowest BCUT2D eigenvalue weighted by Crippen LogP contribution is -2.01. The largest absolute Gasteiger partial charge is 0.133 e. The van der Waals surface area contributed by atoms with Gasteiger partial charge in [0, 0.05) is 4.90 Å². The minimum absolute atomic E-state index is 0.296. The van der Waals surface area contributed by atoms with Crippen LogP contribution in [0.2, 0.25) is 0 Å². The number of hydrogen-bond acceptors (Lipinski definition) is 1. The minimum Gasteiger partial charge on any atom is -0.108 e. The van der Waals surface area contributed by atoms with Gasteiger partial charge in [0.15, 0.2) is 0 Å². The van der Waals surface area contributed by atoms with Crippen molar-refractivity contribution in [2.45, 2.75) is 14.4 Å². The molecule has 0 amide bonds. The molecule has 0 aliphatic carbocycles. The standard InChI is InChI=1S/C8H7Cl3S/c9-7(10)8(11)12-6-4-2-1-3-5-6/h1-5,7-8H. The molecule has 0 saturated heterocycles. The zero-order valence-electron chi connectivity index (χ0n) is 6.08. The third-order valence-electron chi connectivity index (χ3n) is 1.19. The molecule has 0 fully saturated rings. The summed E-state index contributed by atoms with van der Waals surface area (Å²) >= 11 is 18.5. The van der Waals surface area contributed by atoms with Crippen molar-refractivity contribution in [1.82, 2.24) is 0 Å². The van der Waals surface area contributed by atoms with Crippen LogP contribution in [0.3, 0.4) is 0 Å². The number of rotatable bonds is 3. The highest BCUT2D eigenvalue weighted by molar-refractivity contribution is 8.01. The van der Waals surface area contributed by atoms with Gasteiger partial charge in [-0.05, 0) is 12.1 Å². The zero-order chi connectivity index (χ0) is 8.97. The molecular formula is C8H7Cl3S. The topological polar surface area (TPSA) is 0 Å². The smallest absolute Gasteiger partial charge is 0.108 e. The van der Waals surface area contributed by atoms with Crippen LogP contribution in [0.4, 0.5) is 0 Å². The first-order valence-electron chi connectivity index (χ1n) is 3.34. The van der Waals surface area contributed by atoms with Crippen molar-refractivity contribution in [3.8, 4) is 0 Å². The van der Waals surface area contributed by atoms with Crippen LogP contribution >= 0.6 is 46.6 Å². The zero-order valence-corrected chi connectivity index (χ0v) is 9.17. The normalized spacial score (nSPS) is 13.3. The van der Waals surface area contributed by atoms with Gasteiger partial charge in [-0.2, -0.15) is 0 Å². The molecule has 0 bridgehead atoms. The average Bonchev–Trinajstić information content (AvgIpc) is 2.06. The van der Waals surface area contributed by atoms with Crippen molar-refractivity contribution in [3.05, 3.63) is 30.3 Å². The fraction of sp³-hybridized carbons (Fsp3) is 0.250. The molecule has 0 N–H and O–H groups in total. The van der Waals surface area contributed by atoms with E-state index >= 15 is 0 Å². The van der Waals surface area contributed by atoms with E-state index in [2.05, 4.69) is 0 Å². The van der Waals surface area contributed by atoms with Gasteiger partial charge in [0.2, 0.25) is 0 Å². The van der Waals surface area contributed by atoms with Crippen LogP contribution in [-0.4, -0.2) is 9.55 Å². The summed E-state index contributed by atoms with van der Waals surface area (Å²) in [5, 5.41) is 0. The molecule has 0 spiro atoms. The van der Waals surface area contributed by atoms with E-state index in [0.29, 0.717) is 0 Å². The Kier molecular flexibility index (Phi) is 4.59. The van der Waals surface area contributed by atoms with Crippen LogP contribution in [-0.2, 0) is 0 Å². The van der Waals surface area contributed by atoms with E-state index in [0.717, 1.165) is 4.90 Å². The fourth-order valence-corrected chi connectivity index (χ4v) is 1.97. The molecule has 0 heterocycles. The summed E-state index contributed by atoms with van der Waals surface area (Å²) in [6.45, 7) is 0. The van der Waals surface area contributed by atoms with E-state index in [1.54, 1.807) is 0 Å². The first-order valence-corrected chi connectivity index (χ1v) is 5.53. The second-order valence-corrected chi connectivity index (χ2v) is 5.22. The van der Waals surface area contributed by atoms with Gasteiger partial charge in [-0.1, -0.05) is 18.2 Å². The van der Waals surface area contributed by atoms with E-state index < -0.39 is 4.84 Å². The summed E-state index contributed by atoms with van der Waals surface area (Å²) in [4.78, 5) is 0.528. The number of halogens is 3. The number of thioether (sulfide) groups is 1. The Morgan fingerprint density at radius 3 is 2.08 bits per heavy atom. The quantitative estimate of drug-likeness (QED) is 0.566. The molecule has 0 aliphatic rings. The maximum Gasteiger partial charge on any atom is 0.133 e. The highest BCUT2D eigenvalue weighted by Gasteiger charge is 2.14. The lowest BCUT2D eigenvalue weighted by atomic mass is 10.4. The Hall–Kier alpha value is 0.440. The summed E-state index contributed by atoms with van der Waals surface area (Å²) in [5.74, 6) is 0. The summed E-state index contributed by atoms with van der Waals surface area (Å²) in [7, 11) is 0. The van der Waals surface area contributed by atoms with Crippen molar-refractivity contribution >= 4 is 46.6 Å². The van der Waals surface area contributed by atoms with Crippen molar-refractivity contribution in [2.75, 3.05) is 0 Å². The van der Waals surface area contributed by atoms with E-state index in [1.807, 2.05) is 30.3 Å². The van der Waals surface area contributed by atoms with E-state index in [4.69, 9.17) is 34.8 Å². The molecule has 0 aliphatic heterocycles. The maximum atomic E-state index is 5.85. The maximum absolute atomic E-state index is 5.85. The first-order chi connectivity index (χ1) is 5.70. The van der Waals surface area contributed by atoms with Gasteiger partial charge in [0.1, 0.15) is 9.55 Å². The summed E-state index contributed by atoms with van der Waals surface area (Å²) < 4.78 is -0.296. The lowest BCUT2D eigenvalue weighted by Gasteiger charge is -2.08. The van der Waals surface area contributed by atoms with Gasteiger partial charge in [0.05, 0.1) is 0 Å². The molecule has 1 unspecified atom stereocenters. The second-order valence-electron chi connectivity index (χ2n) is 2.12. The van der Waals surface area contributed by atoms with Gasteiger partial charge >= 0.3 is 0 Å². The van der Waals surface area contributed by atoms with Gasteiger partial charge in [-0.25, -0.2) is 0 Å². The average molecular weight is 242 g/mol. The molecule has 4 heteroatoms. The van der Waals surface area contributed by atoms with Crippen LogP contribution < -0.4 is 0 Å². The Bertz CT molecular complexity index is 225. The van der Waals surface area contributed by atoms with Crippen molar-refractivity contribution < 1.29 is 0 Å². The highest BCUT2D eigenvalue weighted by Crippen LogP contribution is 2.31. The predicted molar refractivity (Wildman–Crippen MR) is 57.4 cm³/mol. The van der Waals surface area contributed by atoms with Gasteiger partial charge in [-0.3, -0.25) is 0 Å². The molecular weight excluding hydrogens is 235 g/mol. The minimum atomic E-state index is -0.545. The Labute approximate surface area is 91.2 Å². The van der Waals surface area contributed by atoms with Crippen LogP contribution in [0.5, 0.6) is 0 Å². The third kappa shape index (κ3) is 3.44. The van der Waals surface area contributed by atoms with Gasteiger partial charge in [0.25, 0.3) is 0 Å². The third-order valence-corrected chi connectivity index (χ3v) is 3.81. The second kappa shape index (κ2) is 5.23. The van der Waals surface area contributed by atoms with Gasteiger partial charge in [-0.15, -0.1) is 46.6 Å². The lowest BCUT2D eigenvalue weighted by molar-refractivity contribution is 1.29. The SMILES string of the molecule is ClC(Cl)C(Cl)Sc1ccccc1. The van der Waals surface area contributed by atoms with Gasteiger partial charge < -0.3 is 0 Å². The number of alkyl halides is 3. The molecule has 66 valence electrons. The molecule has 1 atom stereocenters. The van der Waals surface area contributed by atoms with E-state index in [1.165, 1.54) is 11.8 Å².